The van der Waals surface area contributed by atoms with Gasteiger partial charge in [0.05, 0.1) is 0 Å². The quantitative estimate of drug-likeness (QED) is 0.0210. The molecule has 0 saturated carbocycles. The average molecular weight is 1850 g/mol. The first-order chi connectivity index (χ1) is 62.2. The number of aromatic amines is 4. The van der Waals surface area contributed by atoms with Crippen LogP contribution >= 0.6 is 94.1 Å². The lowest BCUT2D eigenvalue weighted by atomic mass is 10.1. The molecule has 0 amide bonds. The number of nitrogens with one attached hydrogen (secondary N) is 4. The Bertz CT molecular complexity index is 5050. The molecule has 4 N–H and O–H groups in total. The Kier molecular flexibility index (Phi) is 42.3. The Balaban J connectivity index is 1.04. The second-order valence-corrected chi connectivity index (χ2v) is 44.8. The minimum absolute atomic E-state index is 0.655. The summed E-state index contributed by atoms with van der Waals surface area (Å²) in [5.74, 6) is 11.3. The Morgan fingerprint density at radius 2 is 0.302 bits per heavy atom. The molecule has 0 saturated heterocycles. The van der Waals surface area contributed by atoms with Gasteiger partial charge in [-0.2, -0.15) is 0 Å². The van der Waals surface area contributed by atoms with E-state index in [4.69, 9.17) is 39.9 Å². The van der Waals surface area contributed by atoms with Gasteiger partial charge in [0.2, 0.25) is 0 Å². The van der Waals surface area contributed by atoms with Gasteiger partial charge in [0.15, 0.2) is 23.3 Å². The van der Waals surface area contributed by atoms with Crippen LogP contribution in [0.15, 0.2) is 99.8 Å². The number of hydrogen-bond acceptors (Lipinski definition) is 16. The first kappa shape index (κ1) is 98.4. The van der Waals surface area contributed by atoms with E-state index in [1.54, 1.807) is 0 Å². The average Bonchev–Trinajstić information content (AvgIpc) is 1.57. The van der Waals surface area contributed by atoms with Gasteiger partial charge in [0, 0.05) is 105 Å². The summed E-state index contributed by atoms with van der Waals surface area (Å²) < 4.78 is 0. The molecule has 682 valence electrons. The number of thioether (sulfide) groups is 8. The summed E-state index contributed by atoms with van der Waals surface area (Å²) >= 11 is 16.2. The molecule has 2 aliphatic rings. The van der Waals surface area contributed by atoms with Crippen LogP contribution in [0.1, 0.15) is 364 Å². The molecule has 0 unspecified atom stereocenters. The number of H-pyrrole nitrogens is 4. The molecule has 2 aliphatic heterocycles. The minimum atomic E-state index is 0.655. The fourth-order valence-corrected chi connectivity index (χ4v) is 26.9. The van der Waals surface area contributed by atoms with Crippen molar-refractivity contribution in [3.63, 3.8) is 0 Å². The number of aromatic nitrogens is 12. The third kappa shape index (κ3) is 28.0. The smallest absolute Gasteiger partial charge is 0.164 e. The fraction of sp³-hybridized carbons (Fsp3) is 0.604. The van der Waals surface area contributed by atoms with Crippen molar-refractivity contribution < 1.29 is 0 Å². The molecule has 8 heterocycles. The summed E-state index contributed by atoms with van der Waals surface area (Å²) in [6.45, 7) is 18.5. The summed E-state index contributed by atoms with van der Waals surface area (Å²) in [6, 6.07) is 24.2. The molecule has 0 fully saturated rings. The zero-order valence-electron chi connectivity index (χ0n) is 78.2. The zero-order valence-corrected chi connectivity index (χ0v) is 84.7. The summed E-state index contributed by atoms with van der Waals surface area (Å²) in [6.07, 6.45) is 61.2. The molecule has 0 spiro atoms. The number of fused-ring (bicyclic) bond motifs is 30. The van der Waals surface area contributed by atoms with Crippen LogP contribution in [-0.2, 0) is 0 Å². The van der Waals surface area contributed by atoms with Gasteiger partial charge in [0.1, 0.15) is 45.2 Å². The van der Waals surface area contributed by atoms with E-state index >= 15 is 0 Å². The van der Waals surface area contributed by atoms with E-state index in [9.17, 15) is 0 Å². The molecular formula is C106H150N12S8. The van der Waals surface area contributed by atoms with E-state index in [1.807, 2.05) is 94.1 Å². The van der Waals surface area contributed by atoms with Crippen molar-refractivity contribution in [1.82, 2.24) is 59.8 Å². The summed E-state index contributed by atoms with van der Waals surface area (Å²) in [7, 11) is 0. The van der Waals surface area contributed by atoms with Crippen molar-refractivity contribution in [2.75, 3.05) is 46.0 Å². The number of nitrogens with zero attached hydrogens (tertiary/aromatic N) is 8. The van der Waals surface area contributed by atoms with Crippen molar-refractivity contribution in [3.05, 3.63) is 60.7 Å². The van der Waals surface area contributed by atoms with Crippen molar-refractivity contribution in [1.29, 1.82) is 0 Å². The molecule has 0 radical (unpaired) electrons. The largest absolute Gasteiger partial charge is 0.324 e. The Morgan fingerprint density at radius 1 is 0.159 bits per heavy atom. The van der Waals surface area contributed by atoms with Crippen LogP contribution in [0, 0.1) is 0 Å². The van der Waals surface area contributed by atoms with E-state index in [-0.39, 0.29) is 0 Å². The molecule has 126 heavy (non-hydrogen) atoms. The number of rotatable bonds is 64. The monoisotopic (exact) mass is 1850 g/mol. The molecule has 5 aromatic carbocycles. The lowest BCUT2D eigenvalue weighted by Gasteiger charge is -2.12. The highest BCUT2D eigenvalue weighted by atomic mass is 32.2. The maximum Gasteiger partial charge on any atom is 0.164 e. The second-order valence-electron chi connectivity index (χ2n) is 35.7. The van der Waals surface area contributed by atoms with Crippen LogP contribution in [0.25, 0.3) is 134 Å². The second kappa shape index (κ2) is 54.2. The Labute approximate surface area is 790 Å². The highest BCUT2D eigenvalue weighted by Gasteiger charge is 2.28. The first-order valence-electron chi connectivity index (χ1n) is 50.5. The fourth-order valence-electron chi connectivity index (χ4n) is 17.7. The van der Waals surface area contributed by atoms with Gasteiger partial charge in [-0.15, -0.1) is 94.1 Å². The van der Waals surface area contributed by atoms with Crippen molar-refractivity contribution in [3.8, 4) is 45.6 Å². The van der Waals surface area contributed by atoms with E-state index < -0.39 is 0 Å². The summed E-state index contributed by atoms with van der Waals surface area (Å²) in [5, 5.41) is 7.96. The van der Waals surface area contributed by atoms with Gasteiger partial charge in [-0.1, -0.05) is 312 Å². The van der Waals surface area contributed by atoms with E-state index in [1.165, 1.54) is 347 Å². The molecule has 0 atom stereocenters. The predicted octanol–water partition coefficient (Wildman–Crippen LogP) is 36.5. The van der Waals surface area contributed by atoms with Crippen LogP contribution in [0.5, 0.6) is 0 Å². The standard InChI is InChI=1S/C106H150N12S8/c1-9-17-25-33-41-49-57-119-87-67-79-83(71-91(87)123-61-53-45-37-29-21-13-5)103-113-99(79)109-95-75-65-77-78(66-76(75)96(107-95)110-100-80-68-88(120-58-50-42-34-26-18-10-2)92(72-84(80)104(114-100)117-103)124-62-54-46-38-30-22-14-6)98-108-97(77)111-101-81-69-89(121-59-51-43-35-27-19-11-3)93(125-63-55-47-39-31-23-15-7)73-85(81)105(115-101)118-106-86-74-94(126-64-56-48-40-32-24-16-8)90(70-82(86)102(112-98)116-106)122-60-52-44-36-28-20-12-4/h65-74H,9-64H2,1-8H3,(H2,107,109,110,113,114,117)(H2,108,111,112,115,116,118). The lowest BCUT2D eigenvalue weighted by Crippen LogP contribution is -1.91. The highest BCUT2D eigenvalue weighted by Crippen LogP contribution is 2.48. The molecule has 12 nitrogen and oxygen atoms in total. The van der Waals surface area contributed by atoms with Gasteiger partial charge in [-0.3, -0.25) is 0 Å². The van der Waals surface area contributed by atoms with E-state index in [0.29, 0.717) is 45.9 Å². The van der Waals surface area contributed by atoms with Crippen LogP contribution in [0.4, 0.5) is 0 Å². The molecular weight excluding hydrogens is 1700 g/mol. The minimum Gasteiger partial charge on any atom is -0.324 e. The summed E-state index contributed by atoms with van der Waals surface area (Å²) in [5.41, 5.74) is 9.98. The molecule has 11 aromatic rings. The Hall–Kier alpha value is -5.06. The molecule has 0 aliphatic carbocycles. The molecule has 12 bridgehead atoms. The van der Waals surface area contributed by atoms with Crippen LogP contribution in [0.3, 0.4) is 0 Å². The maximum atomic E-state index is 5.87. The van der Waals surface area contributed by atoms with Gasteiger partial charge in [0.25, 0.3) is 0 Å². The van der Waals surface area contributed by atoms with Crippen molar-refractivity contribution >= 4 is 182 Å². The van der Waals surface area contributed by atoms with E-state index in [0.717, 1.165) is 134 Å². The first-order valence-corrected chi connectivity index (χ1v) is 58.3. The number of hydrogen-bond donors (Lipinski definition) is 4. The van der Waals surface area contributed by atoms with Crippen molar-refractivity contribution in [2.24, 2.45) is 0 Å². The maximum absolute atomic E-state index is 5.87. The third-order valence-corrected chi connectivity index (χ3v) is 34.9. The zero-order chi connectivity index (χ0) is 87.3. The predicted molar refractivity (Wildman–Crippen MR) is 563 cm³/mol. The molecule has 20 heteroatoms. The topological polar surface area (TPSA) is 166 Å². The highest BCUT2D eigenvalue weighted by molar-refractivity contribution is 8.03. The van der Waals surface area contributed by atoms with Crippen LogP contribution in [0.2, 0.25) is 0 Å². The molecule has 13 rings (SSSR count). The van der Waals surface area contributed by atoms with Gasteiger partial charge >= 0.3 is 0 Å². The summed E-state index contributed by atoms with van der Waals surface area (Å²) in [4.78, 5) is 72.7. The number of unbranched alkanes of at least 4 members (excludes halogenated alkanes) is 40. The van der Waals surface area contributed by atoms with Crippen molar-refractivity contribution in [2.45, 2.75) is 403 Å². The number of benzene rings is 5. The SMILES string of the molecule is CCCCCCCCSc1cc2c(cc1SCCCCCCCC)-c1nc-2nc2[nH]c(nc3[nH]c(n1)c1cc4c5nc6nc(nc7[nH]c(nc([nH]5)c4cc31)c1cc(SCCCCCCCC)c(SCCCCCCCC)cc71)-c1cc(SCCCCCCCC)c(SCCCCCCCC)cc1-6)c1cc(SCCCCCCCC)c(SCCCCCCCC)cc21. The molecule has 6 aromatic heterocycles. The lowest BCUT2D eigenvalue weighted by molar-refractivity contribution is 0.626. The van der Waals surface area contributed by atoms with Gasteiger partial charge < -0.3 is 19.9 Å². The van der Waals surface area contributed by atoms with Crippen LogP contribution < -0.4 is 0 Å². The third-order valence-electron chi connectivity index (χ3n) is 25.2. The van der Waals surface area contributed by atoms with Gasteiger partial charge in [-0.25, -0.2) is 39.9 Å². The Morgan fingerprint density at radius 3 is 0.476 bits per heavy atom. The van der Waals surface area contributed by atoms with E-state index in [2.05, 4.69) is 136 Å². The van der Waals surface area contributed by atoms with Crippen LogP contribution in [-0.4, -0.2) is 106 Å². The van der Waals surface area contributed by atoms with Gasteiger partial charge in [-0.05, 0) is 158 Å². The normalized spacial score (nSPS) is 12.3.